The summed E-state index contributed by atoms with van der Waals surface area (Å²) in [5, 5.41) is 0. The molecule has 1 fully saturated rings. The van der Waals surface area contributed by atoms with E-state index in [1.54, 1.807) is 6.07 Å². The van der Waals surface area contributed by atoms with Crippen LogP contribution in [0.4, 0.5) is 5.82 Å². The lowest BCUT2D eigenvalue weighted by Crippen LogP contribution is -2.55. The van der Waals surface area contributed by atoms with Gasteiger partial charge in [-0.3, -0.25) is 4.79 Å². The van der Waals surface area contributed by atoms with Crippen molar-refractivity contribution in [2.75, 3.05) is 25.5 Å². The summed E-state index contributed by atoms with van der Waals surface area (Å²) in [4.78, 5) is 18.7. The van der Waals surface area contributed by atoms with Gasteiger partial charge in [-0.2, -0.15) is 0 Å². The van der Waals surface area contributed by atoms with Gasteiger partial charge in [-0.25, -0.2) is 4.98 Å². The summed E-state index contributed by atoms with van der Waals surface area (Å²) in [6.07, 6.45) is 0.762. The molecular weight excluding hydrogens is 242 g/mol. The maximum Gasteiger partial charge on any atom is 0.254 e. The average molecular weight is 263 g/mol. The molecule has 0 aliphatic carbocycles. The molecule has 104 valence electrons. The van der Waals surface area contributed by atoms with Crippen molar-refractivity contribution in [3.63, 3.8) is 0 Å². The molecule has 1 aromatic heterocycles. The first-order valence-electron chi connectivity index (χ1n) is 6.60. The molecule has 1 saturated heterocycles. The largest absolute Gasteiger partial charge is 0.384 e. The van der Waals surface area contributed by atoms with E-state index in [1.807, 2.05) is 31.7 Å². The van der Waals surface area contributed by atoms with Gasteiger partial charge in [0, 0.05) is 17.8 Å². The number of pyridine rings is 1. The molecule has 1 aliphatic heterocycles. The maximum absolute atomic E-state index is 12.6. The van der Waals surface area contributed by atoms with Crippen LogP contribution in [-0.4, -0.2) is 41.1 Å². The highest BCUT2D eigenvalue weighted by Crippen LogP contribution is 2.22. The molecule has 0 bridgehead atoms. The van der Waals surface area contributed by atoms with Crippen LogP contribution in [-0.2, 0) is 11.2 Å². The smallest absolute Gasteiger partial charge is 0.254 e. The number of nitrogens with zero attached hydrogens (tertiary/aromatic N) is 2. The molecule has 2 N–H and O–H groups in total. The van der Waals surface area contributed by atoms with Crippen molar-refractivity contribution in [2.45, 2.75) is 32.7 Å². The molecule has 0 atom stereocenters. The topological polar surface area (TPSA) is 68.5 Å². The number of morpholine rings is 1. The molecule has 1 aliphatic rings. The lowest BCUT2D eigenvalue weighted by Gasteiger charge is -2.42. The Balaban J connectivity index is 2.30. The Labute approximate surface area is 113 Å². The van der Waals surface area contributed by atoms with E-state index in [-0.39, 0.29) is 11.4 Å². The van der Waals surface area contributed by atoms with E-state index in [0.717, 1.165) is 12.1 Å². The number of rotatable bonds is 2. The van der Waals surface area contributed by atoms with Crippen molar-refractivity contribution in [1.82, 2.24) is 9.88 Å². The number of hydrogen-bond donors (Lipinski definition) is 1. The number of aromatic nitrogens is 1. The molecule has 1 amide bonds. The SMILES string of the molecule is CCc1cc(C(=O)N2CCOCC2(C)C)cc(N)n1. The molecule has 5 nitrogen and oxygen atoms in total. The van der Waals surface area contributed by atoms with Gasteiger partial charge in [0.05, 0.1) is 18.8 Å². The Kier molecular flexibility index (Phi) is 3.75. The van der Waals surface area contributed by atoms with Crippen molar-refractivity contribution in [2.24, 2.45) is 0 Å². The number of hydrogen-bond acceptors (Lipinski definition) is 4. The Morgan fingerprint density at radius 2 is 2.26 bits per heavy atom. The van der Waals surface area contributed by atoms with Gasteiger partial charge >= 0.3 is 0 Å². The van der Waals surface area contributed by atoms with Gasteiger partial charge in [0.1, 0.15) is 5.82 Å². The van der Waals surface area contributed by atoms with Gasteiger partial charge in [0.2, 0.25) is 0 Å². The Morgan fingerprint density at radius 1 is 1.53 bits per heavy atom. The number of nitrogens with two attached hydrogens (primary N) is 1. The van der Waals surface area contributed by atoms with E-state index in [2.05, 4.69) is 4.98 Å². The average Bonchev–Trinajstić information content (AvgIpc) is 2.36. The fraction of sp³-hybridized carbons (Fsp3) is 0.571. The minimum Gasteiger partial charge on any atom is -0.384 e. The second-order valence-electron chi connectivity index (χ2n) is 5.45. The lowest BCUT2D eigenvalue weighted by molar-refractivity contribution is -0.0370. The van der Waals surface area contributed by atoms with Crippen molar-refractivity contribution >= 4 is 11.7 Å². The first-order chi connectivity index (χ1) is 8.94. The monoisotopic (exact) mass is 263 g/mol. The molecule has 2 rings (SSSR count). The zero-order chi connectivity index (χ0) is 14.0. The van der Waals surface area contributed by atoms with Gasteiger partial charge in [0.15, 0.2) is 0 Å². The molecule has 2 heterocycles. The van der Waals surface area contributed by atoms with Crippen molar-refractivity contribution in [3.05, 3.63) is 23.4 Å². The summed E-state index contributed by atoms with van der Waals surface area (Å²) in [5.41, 5.74) is 6.92. The predicted molar refractivity (Wildman–Crippen MR) is 74.0 cm³/mol. The summed E-state index contributed by atoms with van der Waals surface area (Å²) in [6, 6.07) is 3.47. The third kappa shape index (κ3) is 2.87. The zero-order valence-corrected chi connectivity index (χ0v) is 11.8. The second kappa shape index (κ2) is 5.17. The van der Waals surface area contributed by atoms with Crippen molar-refractivity contribution in [1.29, 1.82) is 0 Å². The van der Waals surface area contributed by atoms with Crippen LogP contribution < -0.4 is 5.73 Å². The van der Waals surface area contributed by atoms with Gasteiger partial charge in [0.25, 0.3) is 5.91 Å². The van der Waals surface area contributed by atoms with Crippen LogP contribution in [0.15, 0.2) is 12.1 Å². The van der Waals surface area contributed by atoms with E-state index < -0.39 is 0 Å². The molecule has 0 aromatic carbocycles. The van der Waals surface area contributed by atoms with Gasteiger partial charge < -0.3 is 15.4 Å². The highest BCUT2D eigenvalue weighted by atomic mass is 16.5. The van der Waals surface area contributed by atoms with Crippen LogP contribution in [0, 0.1) is 0 Å². The standard InChI is InChI=1S/C14H21N3O2/c1-4-11-7-10(8-12(15)16-11)13(18)17-5-6-19-9-14(17,2)3/h7-8H,4-6,9H2,1-3H3,(H2,15,16). The number of anilines is 1. The highest BCUT2D eigenvalue weighted by molar-refractivity contribution is 5.95. The van der Waals surface area contributed by atoms with Crippen molar-refractivity contribution < 1.29 is 9.53 Å². The molecule has 19 heavy (non-hydrogen) atoms. The van der Waals surface area contributed by atoms with Gasteiger partial charge in [-0.1, -0.05) is 6.92 Å². The van der Waals surface area contributed by atoms with E-state index >= 15 is 0 Å². The summed E-state index contributed by atoms with van der Waals surface area (Å²) in [5.74, 6) is 0.394. The molecule has 5 heteroatoms. The molecule has 0 radical (unpaired) electrons. The Hall–Kier alpha value is -1.62. The molecule has 0 saturated carbocycles. The minimum absolute atomic E-state index is 0.00269. The first-order valence-corrected chi connectivity index (χ1v) is 6.60. The predicted octanol–water partition coefficient (Wildman–Crippen LogP) is 1.48. The number of ether oxygens (including phenoxy) is 1. The van der Waals surface area contributed by atoms with E-state index in [1.165, 1.54) is 0 Å². The normalized spacial score (nSPS) is 18.4. The van der Waals surface area contributed by atoms with E-state index in [0.29, 0.717) is 31.1 Å². The zero-order valence-electron chi connectivity index (χ0n) is 11.8. The second-order valence-corrected chi connectivity index (χ2v) is 5.45. The van der Waals surface area contributed by atoms with E-state index in [9.17, 15) is 4.79 Å². The molecular formula is C14H21N3O2. The first kappa shape index (κ1) is 13.8. The summed E-state index contributed by atoms with van der Waals surface area (Å²) >= 11 is 0. The van der Waals surface area contributed by atoms with Gasteiger partial charge in [-0.05, 0) is 32.4 Å². The number of aryl methyl sites for hydroxylation is 1. The highest BCUT2D eigenvalue weighted by Gasteiger charge is 2.34. The summed E-state index contributed by atoms with van der Waals surface area (Å²) < 4.78 is 5.44. The number of nitrogen functional groups attached to an aromatic ring is 1. The van der Waals surface area contributed by atoms with Crippen LogP contribution in [0.5, 0.6) is 0 Å². The minimum atomic E-state index is -0.292. The lowest BCUT2D eigenvalue weighted by atomic mass is 10.0. The van der Waals surface area contributed by atoms with Crippen LogP contribution in [0.3, 0.4) is 0 Å². The molecule has 0 unspecified atom stereocenters. The van der Waals surface area contributed by atoms with Crippen molar-refractivity contribution in [3.8, 4) is 0 Å². The fourth-order valence-corrected chi connectivity index (χ4v) is 2.31. The third-order valence-electron chi connectivity index (χ3n) is 3.40. The Bertz CT molecular complexity index is 486. The maximum atomic E-state index is 12.6. The number of carbonyl (C=O) groups is 1. The van der Waals surface area contributed by atoms with Crippen LogP contribution in [0.2, 0.25) is 0 Å². The summed E-state index contributed by atoms with van der Waals surface area (Å²) in [7, 11) is 0. The quantitative estimate of drug-likeness (QED) is 0.877. The Morgan fingerprint density at radius 3 is 2.89 bits per heavy atom. The van der Waals surface area contributed by atoms with Crippen LogP contribution >= 0.6 is 0 Å². The van der Waals surface area contributed by atoms with Crippen LogP contribution in [0.25, 0.3) is 0 Å². The number of amides is 1. The fourth-order valence-electron chi connectivity index (χ4n) is 2.31. The van der Waals surface area contributed by atoms with Crippen LogP contribution in [0.1, 0.15) is 36.8 Å². The molecule has 1 aromatic rings. The van der Waals surface area contributed by atoms with Gasteiger partial charge in [-0.15, -0.1) is 0 Å². The summed E-state index contributed by atoms with van der Waals surface area (Å²) in [6.45, 7) is 7.76. The third-order valence-corrected chi connectivity index (χ3v) is 3.40. The van der Waals surface area contributed by atoms with E-state index in [4.69, 9.17) is 10.5 Å². The molecule has 0 spiro atoms. The number of carbonyl (C=O) groups excluding carboxylic acids is 1.